The molecular formula is C14H13BrN4O2. The summed E-state index contributed by atoms with van der Waals surface area (Å²) in [7, 11) is 0. The van der Waals surface area contributed by atoms with Crippen molar-refractivity contribution in [2.75, 3.05) is 10.6 Å². The lowest BCUT2D eigenvalue weighted by molar-refractivity contribution is -0.115. The maximum Gasteiger partial charge on any atom is 0.222 e. The lowest BCUT2D eigenvalue weighted by Crippen LogP contribution is -2.09. The first kappa shape index (κ1) is 15.1. The van der Waals surface area contributed by atoms with E-state index in [1.807, 2.05) is 12.1 Å². The van der Waals surface area contributed by atoms with Crippen molar-refractivity contribution >= 4 is 39.2 Å². The number of rotatable bonds is 3. The van der Waals surface area contributed by atoms with Crippen LogP contribution < -0.4 is 10.6 Å². The van der Waals surface area contributed by atoms with E-state index in [0.717, 1.165) is 5.56 Å². The zero-order valence-corrected chi connectivity index (χ0v) is 13.1. The van der Waals surface area contributed by atoms with Crippen LogP contribution in [0.4, 0.5) is 11.5 Å². The predicted octanol–water partition coefficient (Wildman–Crippen LogP) is 2.82. The van der Waals surface area contributed by atoms with E-state index >= 15 is 0 Å². The highest BCUT2D eigenvalue weighted by atomic mass is 79.9. The van der Waals surface area contributed by atoms with Gasteiger partial charge in [-0.15, -0.1) is 0 Å². The van der Waals surface area contributed by atoms with E-state index in [-0.39, 0.29) is 11.8 Å². The van der Waals surface area contributed by atoms with Crippen molar-refractivity contribution in [1.29, 1.82) is 0 Å². The molecule has 0 saturated carbocycles. The van der Waals surface area contributed by atoms with E-state index in [2.05, 4.69) is 36.5 Å². The number of hydrogen-bond acceptors (Lipinski definition) is 4. The van der Waals surface area contributed by atoms with E-state index in [1.54, 1.807) is 18.3 Å². The van der Waals surface area contributed by atoms with Crippen LogP contribution in [0.15, 0.2) is 35.1 Å². The molecule has 0 unspecified atom stereocenters. The predicted molar refractivity (Wildman–Crippen MR) is 83.8 cm³/mol. The average molecular weight is 349 g/mol. The molecule has 1 aromatic carbocycles. The third kappa shape index (κ3) is 4.09. The number of hydrogen-bond donors (Lipinski definition) is 2. The Morgan fingerprint density at radius 2 is 1.86 bits per heavy atom. The maximum absolute atomic E-state index is 11.1. The summed E-state index contributed by atoms with van der Waals surface area (Å²) in [5.41, 5.74) is 2.12. The standard InChI is InChI=1S/C14H13BrN4O2/c1-8(20)17-11-5-3-4-10(6-11)12-7-16-14(13(15)19-12)18-9(2)21/h3-7H,1-2H3,(H,17,20)(H,16,18,21). The molecule has 108 valence electrons. The molecule has 1 aromatic heterocycles. The first-order valence-electron chi connectivity index (χ1n) is 6.14. The molecular weight excluding hydrogens is 336 g/mol. The van der Waals surface area contributed by atoms with Crippen molar-refractivity contribution in [3.05, 3.63) is 35.1 Å². The first-order valence-corrected chi connectivity index (χ1v) is 6.93. The smallest absolute Gasteiger partial charge is 0.222 e. The molecule has 2 rings (SSSR count). The molecule has 0 aliphatic carbocycles. The molecule has 0 aliphatic heterocycles. The molecule has 2 amide bonds. The van der Waals surface area contributed by atoms with Gasteiger partial charge in [-0.05, 0) is 28.1 Å². The summed E-state index contributed by atoms with van der Waals surface area (Å²) in [6, 6.07) is 7.27. The third-order valence-electron chi connectivity index (χ3n) is 2.50. The van der Waals surface area contributed by atoms with Gasteiger partial charge in [-0.2, -0.15) is 0 Å². The largest absolute Gasteiger partial charge is 0.326 e. The van der Waals surface area contributed by atoms with E-state index < -0.39 is 0 Å². The highest BCUT2D eigenvalue weighted by Crippen LogP contribution is 2.25. The number of benzene rings is 1. The number of nitrogens with zero attached hydrogens (tertiary/aromatic N) is 2. The Kier molecular flexibility index (Phi) is 4.64. The zero-order valence-electron chi connectivity index (χ0n) is 11.5. The molecule has 2 N–H and O–H groups in total. The summed E-state index contributed by atoms with van der Waals surface area (Å²) < 4.78 is 0.445. The molecule has 0 spiro atoms. The van der Waals surface area contributed by atoms with Crippen LogP contribution in [0.5, 0.6) is 0 Å². The lowest BCUT2D eigenvalue weighted by Gasteiger charge is -2.08. The van der Waals surface area contributed by atoms with Crippen molar-refractivity contribution < 1.29 is 9.59 Å². The Morgan fingerprint density at radius 3 is 2.48 bits per heavy atom. The van der Waals surface area contributed by atoms with Crippen LogP contribution in [0.25, 0.3) is 11.3 Å². The Labute approximate surface area is 130 Å². The normalized spacial score (nSPS) is 10.0. The van der Waals surface area contributed by atoms with Gasteiger partial charge in [-0.3, -0.25) is 9.59 Å². The highest BCUT2D eigenvalue weighted by molar-refractivity contribution is 9.10. The molecule has 0 aliphatic rings. The van der Waals surface area contributed by atoms with Crippen molar-refractivity contribution in [1.82, 2.24) is 9.97 Å². The summed E-state index contributed by atoms with van der Waals surface area (Å²) in [6.07, 6.45) is 1.56. The quantitative estimate of drug-likeness (QED) is 0.893. The monoisotopic (exact) mass is 348 g/mol. The van der Waals surface area contributed by atoms with E-state index in [4.69, 9.17) is 0 Å². The SMILES string of the molecule is CC(=O)Nc1cccc(-c2cnc(NC(C)=O)c(Br)n2)c1. The van der Waals surface area contributed by atoms with Gasteiger partial charge >= 0.3 is 0 Å². The molecule has 0 fully saturated rings. The van der Waals surface area contributed by atoms with E-state index in [9.17, 15) is 9.59 Å². The zero-order chi connectivity index (χ0) is 15.4. The minimum absolute atomic E-state index is 0.138. The van der Waals surface area contributed by atoms with Gasteiger partial charge in [-0.25, -0.2) is 9.97 Å². The topological polar surface area (TPSA) is 84.0 Å². The fourth-order valence-electron chi connectivity index (χ4n) is 1.72. The van der Waals surface area contributed by atoms with Crippen LogP contribution in [-0.2, 0) is 9.59 Å². The van der Waals surface area contributed by atoms with Gasteiger partial charge < -0.3 is 10.6 Å². The number of carbonyl (C=O) groups excluding carboxylic acids is 2. The molecule has 0 saturated heterocycles. The van der Waals surface area contributed by atoms with Crippen molar-refractivity contribution in [2.45, 2.75) is 13.8 Å². The number of amides is 2. The van der Waals surface area contributed by atoms with Gasteiger partial charge in [0.15, 0.2) is 5.82 Å². The number of aromatic nitrogens is 2. The van der Waals surface area contributed by atoms with Gasteiger partial charge in [0, 0.05) is 25.1 Å². The second kappa shape index (κ2) is 6.45. The minimum Gasteiger partial charge on any atom is -0.326 e. The van der Waals surface area contributed by atoms with Crippen LogP contribution in [0.3, 0.4) is 0 Å². The fraction of sp³-hybridized carbons (Fsp3) is 0.143. The molecule has 1 heterocycles. The molecule has 0 bridgehead atoms. The van der Waals surface area contributed by atoms with Gasteiger partial charge in [0.05, 0.1) is 11.9 Å². The van der Waals surface area contributed by atoms with Gasteiger partial charge in [0.2, 0.25) is 11.8 Å². The summed E-state index contributed by atoms with van der Waals surface area (Å²) in [5, 5.41) is 5.28. The highest BCUT2D eigenvalue weighted by Gasteiger charge is 2.08. The summed E-state index contributed by atoms with van der Waals surface area (Å²) in [5.74, 6) is 0.00934. The van der Waals surface area contributed by atoms with Crippen LogP contribution in [0.1, 0.15) is 13.8 Å². The van der Waals surface area contributed by atoms with Gasteiger partial charge in [0.1, 0.15) is 4.60 Å². The number of nitrogens with one attached hydrogen (secondary N) is 2. The van der Waals surface area contributed by atoms with Gasteiger partial charge in [-0.1, -0.05) is 12.1 Å². The maximum atomic E-state index is 11.1. The van der Waals surface area contributed by atoms with Crippen LogP contribution in [0.2, 0.25) is 0 Å². The number of anilines is 2. The summed E-state index contributed by atoms with van der Waals surface area (Å²) in [6.45, 7) is 2.85. The number of halogens is 1. The van der Waals surface area contributed by atoms with E-state index in [0.29, 0.717) is 21.8 Å². The molecule has 7 heteroatoms. The van der Waals surface area contributed by atoms with Crippen molar-refractivity contribution in [3.8, 4) is 11.3 Å². The average Bonchev–Trinajstić information content (AvgIpc) is 2.40. The lowest BCUT2D eigenvalue weighted by atomic mass is 10.1. The number of carbonyl (C=O) groups is 2. The summed E-state index contributed by atoms with van der Waals surface area (Å²) in [4.78, 5) is 30.6. The van der Waals surface area contributed by atoms with Gasteiger partial charge in [0.25, 0.3) is 0 Å². The Morgan fingerprint density at radius 1 is 1.14 bits per heavy atom. The second-order valence-electron chi connectivity index (χ2n) is 4.34. The Bertz CT molecular complexity index is 703. The van der Waals surface area contributed by atoms with Crippen molar-refractivity contribution in [2.24, 2.45) is 0 Å². The van der Waals surface area contributed by atoms with Crippen LogP contribution in [0, 0.1) is 0 Å². The fourth-order valence-corrected chi connectivity index (χ4v) is 2.11. The minimum atomic E-state index is -0.217. The molecule has 0 atom stereocenters. The Balaban J connectivity index is 2.32. The molecule has 0 radical (unpaired) electrons. The second-order valence-corrected chi connectivity index (χ2v) is 5.09. The Hall–Kier alpha value is -2.28. The first-order chi connectivity index (χ1) is 9.95. The molecule has 21 heavy (non-hydrogen) atoms. The van der Waals surface area contributed by atoms with E-state index in [1.165, 1.54) is 13.8 Å². The molecule has 2 aromatic rings. The summed E-state index contributed by atoms with van der Waals surface area (Å²) >= 11 is 3.27. The van der Waals surface area contributed by atoms with Crippen LogP contribution in [-0.4, -0.2) is 21.8 Å². The third-order valence-corrected chi connectivity index (χ3v) is 3.06. The van der Waals surface area contributed by atoms with Crippen molar-refractivity contribution in [3.63, 3.8) is 0 Å². The van der Waals surface area contributed by atoms with Crippen LogP contribution >= 0.6 is 15.9 Å². The molecule has 6 nitrogen and oxygen atoms in total.